The van der Waals surface area contributed by atoms with Gasteiger partial charge in [-0.1, -0.05) is 0 Å². The maximum absolute atomic E-state index is 13.8. The van der Waals surface area contributed by atoms with E-state index in [-0.39, 0.29) is 11.3 Å². The summed E-state index contributed by atoms with van der Waals surface area (Å²) in [6.45, 7) is 0.327. The Morgan fingerprint density at radius 1 is 1.28 bits per heavy atom. The van der Waals surface area contributed by atoms with Crippen LogP contribution in [0.2, 0.25) is 0 Å². The minimum atomic E-state index is -1.13. The molecule has 1 aromatic rings. The number of hydrogen-bond donors (Lipinski definition) is 3. The van der Waals surface area contributed by atoms with E-state index in [0.717, 1.165) is 6.07 Å². The van der Waals surface area contributed by atoms with E-state index in [1.807, 2.05) is 0 Å². The van der Waals surface area contributed by atoms with Gasteiger partial charge in [-0.3, -0.25) is 0 Å². The summed E-state index contributed by atoms with van der Waals surface area (Å²) in [6, 6.07) is 1.92. The van der Waals surface area contributed by atoms with Gasteiger partial charge in [0.25, 0.3) is 0 Å². The van der Waals surface area contributed by atoms with E-state index < -0.39 is 18.0 Å². The fourth-order valence-corrected chi connectivity index (χ4v) is 1.68. The molecule has 0 amide bonds. The van der Waals surface area contributed by atoms with Crippen LogP contribution in [0.5, 0.6) is 11.5 Å². The topological polar surface area (TPSA) is 90.7 Å². The monoisotopic (exact) mass is 258 g/mol. The number of benzene rings is 1. The highest BCUT2D eigenvalue weighted by molar-refractivity contribution is 5.44. The zero-order valence-electron chi connectivity index (χ0n) is 10.5. The SMILES string of the molecule is COc1cc(F)c(C(O)C(N)CCN)cc1OC. The van der Waals surface area contributed by atoms with Crippen LogP contribution < -0.4 is 20.9 Å². The number of aliphatic hydroxyl groups is 1. The molecule has 5 nitrogen and oxygen atoms in total. The molecule has 1 aromatic carbocycles. The van der Waals surface area contributed by atoms with Gasteiger partial charge in [0.2, 0.25) is 0 Å². The molecule has 2 atom stereocenters. The minimum absolute atomic E-state index is 0.0774. The maximum Gasteiger partial charge on any atom is 0.163 e. The lowest BCUT2D eigenvalue weighted by molar-refractivity contribution is 0.138. The maximum atomic E-state index is 13.8. The molecule has 6 heteroatoms. The second-order valence-electron chi connectivity index (χ2n) is 3.91. The van der Waals surface area contributed by atoms with Crippen LogP contribution >= 0.6 is 0 Å². The highest BCUT2D eigenvalue weighted by Crippen LogP contribution is 2.33. The van der Waals surface area contributed by atoms with E-state index in [1.54, 1.807) is 0 Å². The van der Waals surface area contributed by atoms with Crippen LogP contribution in [0.1, 0.15) is 18.1 Å². The van der Waals surface area contributed by atoms with E-state index in [2.05, 4.69) is 0 Å². The van der Waals surface area contributed by atoms with Crippen molar-refractivity contribution in [2.24, 2.45) is 11.5 Å². The summed E-state index contributed by atoms with van der Waals surface area (Å²) in [5.41, 5.74) is 11.2. The molecule has 0 aliphatic heterocycles. The number of hydrogen-bond acceptors (Lipinski definition) is 5. The molecule has 1 rings (SSSR count). The fourth-order valence-electron chi connectivity index (χ4n) is 1.68. The Balaban J connectivity index is 3.08. The number of methoxy groups -OCH3 is 2. The molecular weight excluding hydrogens is 239 g/mol. The molecule has 5 N–H and O–H groups in total. The van der Waals surface area contributed by atoms with Crippen LogP contribution in [0.25, 0.3) is 0 Å². The number of ether oxygens (including phenoxy) is 2. The van der Waals surface area contributed by atoms with Crippen LogP contribution in [0.4, 0.5) is 4.39 Å². The lowest BCUT2D eigenvalue weighted by Gasteiger charge is -2.20. The van der Waals surface area contributed by atoms with E-state index >= 15 is 0 Å². The van der Waals surface area contributed by atoms with Gasteiger partial charge in [-0.15, -0.1) is 0 Å². The first kappa shape index (κ1) is 14.7. The van der Waals surface area contributed by atoms with Gasteiger partial charge in [0, 0.05) is 17.7 Å². The third-order valence-corrected chi connectivity index (χ3v) is 2.73. The first-order chi connectivity index (χ1) is 8.54. The van der Waals surface area contributed by atoms with Crippen molar-refractivity contribution in [3.8, 4) is 11.5 Å². The van der Waals surface area contributed by atoms with Crippen molar-refractivity contribution in [2.75, 3.05) is 20.8 Å². The number of halogens is 1. The molecule has 0 aromatic heterocycles. The highest BCUT2D eigenvalue weighted by Gasteiger charge is 2.22. The molecule has 0 fully saturated rings. The molecule has 0 bridgehead atoms. The van der Waals surface area contributed by atoms with Crippen molar-refractivity contribution in [2.45, 2.75) is 18.6 Å². The summed E-state index contributed by atoms with van der Waals surface area (Å²) in [5, 5.41) is 9.97. The Hall–Kier alpha value is -1.37. The quantitative estimate of drug-likeness (QED) is 0.693. The Labute approximate surface area is 105 Å². The first-order valence-corrected chi connectivity index (χ1v) is 5.60. The molecule has 0 aliphatic carbocycles. The molecule has 102 valence electrons. The average Bonchev–Trinajstić information content (AvgIpc) is 2.37. The third-order valence-electron chi connectivity index (χ3n) is 2.73. The molecule has 0 saturated carbocycles. The van der Waals surface area contributed by atoms with Crippen molar-refractivity contribution in [1.29, 1.82) is 0 Å². The van der Waals surface area contributed by atoms with Gasteiger partial charge in [0.05, 0.1) is 20.3 Å². The van der Waals surface area contributed by atoms with Gasteiger partial charge in [-0.05, 0) is 19.0 Å². The van der Waals surface area contributed by atoms with Gasteiger partial charge in [0.1, 0.15) is 5.82 Å². The zero-order valence-corrected chi connectivity index (χ0v) is 10.5. The summed E-state index contributed by atoms with van der Waals surface area (Å²) in [5.74, 6) is 0.0128. The van der Waals surface area contributed by atoms with Crippen molar-refractivity contribution >= 4 is 0 Å². The summed E-state index contributed by atoms with van der Waals surface area (Å²) >= 11 is 0. The first-order valence-electron chi connectivity index (χ1n) is 5.60. The van der Waals surface area contributed by atoms with Crippen LogP contribution in [0.15, 0.2) is 12.1 Å². The Morgan fingerprint density at radius 3 is 2.33 bits per heavy atom. The Bertz CT molecular complexity index is 401. The molecule has 0 heterocycles. The highest BCUT2D eigenvalue weighted by atomic mass is 19.1. The molecule has 0 spiro atoms. The smallest absolute Gasteiger partial charge is 0.163 e. The number of rotatable bonds is 6. The van der Waals surface area contributed by atoms with Crippen molar-refractivity contribution in [1.82, 2.24) is 0 Å². The van der Waals surface area contributed by atoms with Gasteiger partial charge >= 0.3 is 0 Å². The zero-order chi connectivity index (χ0) is 13.7. The van der Waals surface area contributed by atoms with Crippen LogP contribution in [0.3, 0.4) is 0 Å². The molecule has 0 radical (unpaired) electrons. The Kier molecular flexibility index (Phi) is 5.33. The predicted octanol–water partition coefficient (Wildman–Crippen LogP) is 0.552. The van der Waals surface area contributed by atoms with Crippen LogP contribution in [0, 0.1) is 5.82 Å². The van der Waals surface area contributed by atoms with Crippen molar-refractivity contribution in [3.63, 3.8) is 0 Å². The predicted molar refractivity (Wildman–Crippen MR) is 66.1 cm³/mol. The molecule has 0 aliphatic rings. The number of nitrogens with two attached hydrogens (primary N) is 2. The van der Waals surface area contributed by atoms with Gasteiger partial charge in [-0.25, -0.2) is 4.39 Å². The summed E-state index contributed by atoms with van der Waals surface area (Å²) in [6.07, 6.45) is -0.733. The van der Waals surface area contributed by atoms with Crippen LogP contribution in [-0.4, -0.2) is 31.9 Å². The largest absolute Gasteiger partial charge is 0.493 e. The van der Waals surface area contributed by atoms with E-state index in [9.17, 15) is 9.50 Å². The average molecular weight is 258 g/mol. The minimum Gasteiger partial charge on any atom is -0.493 e. The normalized spacial score (nSPS) is 14.1. The summed E-state index contributed by atoms with van der Waals surface area (Å²) < 4.78 is 23.8. The summed E-state index contributed by atoms with van der Waals surface area (Å²) in [4.78, 5) is 0. The molecule has 0 saturated heterocycles. The standard InChI is InChI=1S/C12H19FN2O3/c1-17-10-5-7(8(13)6-11(10)18-2)12(16)9(15)3-4-14/h5-6,9,12,16H,3-4,14-15H2,1-2H3. The van der Waals surface area contributed by atoms with Crippen molar-refractivity contribution < 1.29 is 19.0 Å². The van der Waals surface area contributed by atoms with E-state index in [1.165, 1.54) is 20.3 Å². The lowest BCUT2D eigenvalue weighted by Crippen LogP contribution is -2.31. The second kappa shape index (κ2) is 6.53. The molecular formula is C12H19FN2O3. The van der Waals surface area contributed by atoms with Gasteiger partial charge in [-0.2, -0.15) is 0 Å². The molecule has 2 unspecified atom stereocenters. The lowest BCUT2D eigenvalue weighted by atomic mass is 9.99. The second-order valence-corrected chi connectivity index (χ2v) is 3.91. The summed E-state index contributed by atoms with van der Waals surface area (Å²) in [7, 11) is 2.85. The van der Waals surface area contributed by atoms with Gasteiger partial charge < -0.3 is 26.0 Å². The molecule has 18 heavy (non-hydrogen) atoms. The fraction of sp³-hybridized carbons (Fsp3) is 0.500. The van der Waals surface area contributed by atoms with E-state index in [4.69, 9.17) is 20.9 Å². The Morgan fingerprint density at radius 2 is 1.83 bits per heavy atom. The van der Waals surface area contributed by atoms with Crippen molar-refractivity contribution in [3.05, 3.63) is 23.5 Å². The number of aliphatic hydroxyl groups excluding tert-OH is 1. The van der Waals surface area contributed by atoms with Crippen LogP contribution in [-0.2, 0) is 0 Å². The van der Waals surface area contributed by atoms with E-state index in [0.29, 0.717) is 18.7 Å². The third kappa shape index (κ3) is 3.10. The van der Waals surface area contributed by atoms with Gasteiger partial charge in [0.15, 0.2) is 11.5 Å².